The van der Waals surface area contributed by atoms with Crippen LogP contribution in [0.15, 0.2) is 77.3 Å². The van der Waals surface area contributed by atoms with Gasteiger partial charge in [-0.2, -0.15) is 8.78 Å². The van der Waals surface area contributed by atoms with E-state index < -0.39 is 35.1 Å². The highest BCUT2D eigenvalue weighted by Gasteiger charge is 2.53. The SMILES string of the molecule is CC1CC2CCC(C1)N2C(=O)C(NC(=O)C(=O)c1ccc2cc(OC3CCCC3)ccc2c1)C(F)(F)c1ccc2cc(Br)ccc2c1. The van der Waals surface area contributed by atoms with E-state index in [0.717, 1.165) is 72.4 Å². The number of nitrogens with zero attached hydrogens (tertiary/aromatic N) is 1. The van der Waals surface area contributed by atoms with Crippen LogP contribution in [-0.4, -0.2) is 46.7 Å². The Balaban J connectivity index is 1.17. The second kappa shape index (κ2) is 12.6. The van der Waals surface area contributed by atoms with Crippen LogP contribution in [0.25, 0.3) is 21.5 Å². The predicted molar refractivity (Wildman–Crippen MR) is 181 cm³/mol. The molecule has 7 rings (SSSR count). The summed E-state index contributed by atoms with van der Waals surface area (Å²) in [5.74, 6) is -5.75. The first-order valence-electron chi connectivity index (χ1n) is 16.5. The van der Waals surface area contributed by atoms with E-state index in [4.69, 9.17) is 4.74 Å². The predicted octanol–water partition coefficient (Wildman–Crippen LogP) is 8.33. The van der Waals surface area contributed by atoms with Gasteiger partial charge >= 0.3 is 5.92 Å². The lowest BCUT2D eigenvalue weighted by Gasteiger charge is -2.41. The van der Waals surface area contributed by atoms with Crippen LogP contribution in [0.3, 0.4) is 0 Å². The van der Waals surface area contributed by atoms with Gasteiger partial charge in [-0.3, -0.25) is 14.4 Å². The molecular weight excluding hydrogens is 666 g/mol. The quantitative estimate of drug-likeness (QED) is 0.148. The second-order valence-corrected chi connectivity index (χ2v) is 14.4. The van der Waals surface area contributed by atoms with Crippen LogP contribution in [-0.2, 0) is 15.5 Å². The van der Waals surface area contributed by atoms with Crippen LogP contribution in [0.1, 0.15) is 74.2 Å². The molecule has 2 bridgehead atoms. The molecule has 0 spiro atoms. The highest BCUT2D eigenvalue weighted by Crippen LogP contribution is 2.42. The summed E-state index contributed by atoms with van der Waals surface area (Å²) in [6.45, 7) is 2.11. The van der Waals surface area contributed by atoms with Crippen molar-refractivity contribution in [3.63, 3.8) is 0 Å². The lowest BCUT2D eigenvalue weighted by atomic mass is 9.90. The number of amides is 2. The number of hydrogen-bond acceptors (Lipinski definition) is 4. The molecule has 2 heterocycles. The smallest absolute Gasteiger partial charge is 0.302 e. The van der Waals surface area contributed by atoms with Gasteiger partial charge in [0, 0.05) is 27.7 Å². The molecule has 3 unspecified atom stereocenters. The van der Waals surface area contributed by atoms with E-state index in [1.807, 2.05) is 24.3 Å². The zero-order chi connectivity index (χ0) is 32.9. The van der Waals surface area contributed by atoms with Gasteiger partial charge in [0.2, 0.25) is 5.78 Å². The third kappa shape index (κ3) is 6.26. The lowest BCUT2D eigenvalue weighted by molar-refractivity contribution is -0.153. The lowest BCUT2D eigenvalue weighted by Crippen LogP contribution is -2.60. The third-order valence-electron chi connectivity index (χ3n) is 10.2. The Morgan fingerprint density at radius 3 is 2.19 bits per heavy atom. The van der Waals surface area contributed by atoms with Crippen molar-refractivity contribution >= 4 is 55.1 Å². The highest BCUT2D eigenvalue weighted by atomic mass is 79.9. The summed E-state index contributed by atoms with van der Waals surface area (Å²) in [7, 11) is 0. The van der Waals surface area contributed by atoms with Gasteiger partial charge in [0.1, 0.15) is 5.75 Å². The number of nitrogens with one attached hydrogen (secondary N) is 1. The van der Waals surface area contributed by atoms with E-state index in [1.54, 1.807) is 35.2 Å². The fraction of sp³-hybridized carbons (Fsp3) is 0.395. The Bertz CT molecular complexity index is 1860. The van der Waals surface area contributed by atoms with Crippen molar-refractivity contribution in [2.75, 3.05) is 0 Å². The summed E-state index contributed by atoms with van der Waals surface area (Å²) >= 11 is 3.41. The van der Waals surface area contributed by atoms with E-state index in [2.05, 4.69) is 28.2 Å². The maximum absolute atomic E-state index is 16.6. The fourth-order valence-electron chi connectivity index (χ4n) is 7.82. The van der Waals surface area contributed by atoms with Crippen LogP contribution in [0.5, 0.6) is 5.75 Å². The first-order chi connectivity index (χ1) is 22.6. The molecule has 0 aromatic heterocycles. The second-order valence-electron chi connectivity index (χ2n) is 13.5. The minimum Gasteiger partial charge on any atom is -0.490 e. The van der Waals surface area contributed by atoms with E-state index in [1.165, 1.54) is 18.2 Å². The van der Waals surface area contributed by atoms with Crippen LogP contribution in [0.4, 0.5) is 8.78 Å². The normalized spacial score (nSPS) is 22.0. The van der Waals surface area contributed by atoms with Crippen LogP contribution >= 0.6 is 15.9 Å². The number of alkyl halides is 2. The number of fused-ring (bicyclic) bond motifs is 4. The highest BCUT2D eigenvalue weighted by molar-refractivity contribution is 9.10. The van der Waals surface area contributed by atoms with Crippen molar-refractivity contribution in [1.29, 1.82) is 0 Å². The standard InChI is InChI=1S/C38H37BrF2N2O4/c1-22-16-30-13-14-31(17-22)43(30)37(46)35(38(40,41)28-11-8-25-20-29(39)12-9-24(25)19-28)42-36(45)34(44)27-7-6-26-21-33(15-10-23(26)18-27)47-32-4-2-3-5-32/h6-12,15,18-22,30-32,35H,2-5,13-14,16-17H2,1H3,(H,42,45). The largest absolute Gasteiger partial charge is 0.490 e. The molecule has 2 amide bonds. The van der Waals surface area contributed by atoms with Crippen LogP contribution in [0.2, 0.25) is 0 Å². The maximum atomic E-state index is 16.6. The number of Topliss-reactive ketones (excluding diaryl/α,β-unsaturated/α-hetero) is 1. The molecule has 0 radical (unpaired) electrons. The summed E-state index contributed by atoms with van der Waals surface area (Å²) in [5, 5.41) is 5.08. The zero-order valence-corrected chi connectivity index (χ0v) is 27.8. The summed E-state index contributed by atoms with van der Waals surface area (Å²) in [5.41, 5.74) is -0.352. The number of hydrogen-bond donors (Lipinski definition) is 1. The minimum atomic E-state index is -3.80. The Kier molecular flexibility index (Phi) is 8.53. The molecule has 47 heavy (non-hydrogen) atoms. The van der Waals surface area contributed by atoms with Gasteiger partial charge < -0.3 is 15.0 Å². The topological polar surface area (TPSA) is 75.7 Å². The van der Waals surface area contributed by atoms with Crippen molar-refractivity contribution in [2.24, 2.45) is 5.92 Å². The minimum absolute atomic E-state index is 0.0529. The Morgan fingerprint density at radius 1 is 0.830 bits per heavy atom. The van der Waals surface area contributed by atoms with Crippen LogP contribution < -0.4 is 10.1 Å². The monoisotopic (exact) mass is 702 g/mol. The van der Waals surface area contributed by atoms with E-state index in [-0.39, 0.29) is 23.8 Å². The molecule has 1 aliphatic carbocycles. The van der Waals surface area contributed by atoms with Gasteiger partial charge in [0.05, 0.1) is 6.10 Å². The van der Waals surface area contributed by atoms with Gasteiger partial charge in [-0.1, -0.05) is 59.3 Å². The molecule has 4 aromatic carbocycles. The molecule has 1 N–H and O–H groups in total. The fourth-order valence-corrected chi connectivity index (χ4v) is 8.20. The first-order valence-corrected chi connectivity index (χ1v) is 17.3. The third-order valence-corrected chi connectivity index (χ3v) is 10.7. The van der Waals surface area contributed by atoms with Crippen molar-refractivity contribution in [3.8, 4) is 5.75 Å². The molecule has 1 saturated carbocycles. The molecule has 244 valence electrons. The van der Waals surface area contributed by atoms with Crippen molar-refractivity contribution in [1.82, 2.24) is 10.2 Å². The van der Waals surface area contributed by atoms with Gasteiger partial charge in [-0.25, -0.2) is 0 Å². The van der Waals surface area contributed by atoms with Crippen molar-refractivity contribution in [3.05, 3.63) is 88.4 Å². The van der Waals surface area contributed by atoms with E-state index in [0.29, 0.717) is 16.7 Å². The number of piperidine rings is 1. The molecule has 3 fully saturated rings. The number of carbonyl (C=O) groups excluding carboxylic acids is 3. The Hall–Kier alpha value is -3.85. The molecule has 3 atom stereocenters. The number of halogens is 3. The molecule has 9 heteroatoms. The average molecular weight is 704 g/mol. The van der Waals surface area contributed by atoms with Crippen LogP contribution in [0, 0.1) is 5.92 Å². The first kappa shape index (κ1) is 31.7. The molecule has 4 aromatic rings. The number of rotatable bonds is 8. The van der Waals surface area contributed by atoms with Gasteiger partial charge in [0.25, 0.3) is 11.8 Å². The molecule has 2 saturated heterocycles. The summed E-state index contributed by atoms with van der Waals surface area (Å²) in [4.78, 5) is 42.6. The van der Waals surface area contributed by atoms with E-state index >= 15 is 8.78 Å². The van der Waals surface area contributed by atoms with Crippen molar-refractivity contribution in [2.45, 2.75) is 88.4 Å². The maximum Gasteiger partial charge on any atom is 0.302 e. The van der Waals surface area contributed by atoms with Gasteiger partial charge in [0.15, 0.2) is 6.04 Å². The van der Waals surface area contributed by atoms with Crippen molar-refractivity contribution < 1.29 is 27.9 Å². The molecule has 6 nitrogen and oxygen atoms in total. The number of ether oxygens (including phenoxy) is 1. The Morgan fingerprint density at radius 2 is 1.45 bits per heavy atom. The van der Waals surface area contributed by atoms with Gasteiger partial charge in [-0.15, -0.1) is 0 Å². The van der Waals surface area contributed by atoms with E-state index in [9.17, 15) is 14.4 Å². The molecule has 3 aliphatic rings. The Labute approximate surface area is 281 Å². The molecular formula is C38H37BrF2N2O4. The number of ketones is 1. The summed E-state index contributed by atoms with van der Waals surface area (Å²) in [6, 6.07) is 17.2. The average Bonchev–Trinajstić information content (AvgIpc) is 3.67. The number of benzene rings is 4. The van der Waals surface area contributed by atoms with Gasteiger partial charge in [-0.05, 0) is 115 Å². The summed E-state index contributed by atoms with van der Waals surface area (Å²) < 4.78 is 40.1. The molecule has 2 aliphatic heterocycles. The number of carbonyl (C=O) groups is 3. The zero-order valence-electron chi connectivity index (χ0n) is 26.2. The summed E-state index contributed by atoms with van der Waals surface area (Å²) in [6.07, 6.45) is 7.49.